The molecule has 0 aliphatic heterocycles. The number of carboxylic acids is 1. The molecule has 1 atom stereocenters. The van der Waals surface area contributed by atoms with Crippen LogP contribution < -0.4 is 5.73 Å². The van der Waals surface area contributed by atoms with Gasteiger partial charge in [-0.3, -0.25) is 10.2 Å². The van der Waals surface area contributed by atoms with E-state index < -0.39 is 5.97 Å². The average molecular weight is 220 g/mol. The molecule has 1 aromatic rings. The zero-order chi connectivity index (χ0) is 12.1. The Hall–Kier alpha value is -1.84. The topological polar surface area (TPSA) is 87.2 Å². The van der Waals surface area contributed by atoms with E-state index >= 15 is 0 Å². The normalized spacial score (nSPS) is 12.1. The van der Waals surface area contributed by atoms with Gasteiger partial charge in [-0.2, -0.15) is 0 Å². The van der Waals surface area contributed by atoms with Crippen LogP contribution in [0.5, 0.6) is 0 Å². The number of rotatable bonds is 5. The Bertz CT molecular complexity index is 402. The van der Waals surface area contributed by atoms with Crippen LogP contribution in [0.25, 0.3) is 0 Å². The van der Waals surface area contributed by atoms with Gasteiger partial charge in [0.05, 0.1) is 6.42 Å². The maximum absolute atomic E-state index is 10.7. The number of benzene rings is 1. The van der Waals surface area contributed by atoms with Crippen LogP contribution in [0, 0.1) is 5.41 Å². The van der Waals surface area contributed by atoms with Gasteiger partial charge >= 0.3 is 5.97 Å². The Morgan fingerprint density at radius 1 is 1.56 bits per heavy atom. The lowest BCUT2D eigenvalue weighted by molar-refractivity contribution is -0.137. The van der Waals surface area contributed by atoms with Gasteiger partial charge in [0.2, 0.25) is 0 Å². The molecule has 0 aliphatic rings. The van der Waals surface area contributed by atoms with Gasteiger partial charge in [-0.1, -0.05) is 25.1 Å². The molecule has 0 heterocycles. The van der Waals surface area contributed by atoms with Crippen LogP contribution in [0.3, 0.4) is 0 Å². The first-order valence-electron chi connectivity index (χ1n) is 5.20. The van der Waals surface area contributed by atoms with E-state index in [1.807, 2.05) is 13.0 Å². The Labute approximate surface area is 94.6 Å². The molecule has 1 rings (SSSR count). The fraction of sp³-hybridized carbons (Fsp3) is 0.333. The molecule has 4 nitrogen and oxygen atoms in total. The van der Waals surface area contributed by atoms with Gasteiger partial charge in [-0.25, -0.2) is 0 Å². The summed E-state index contributed by atoms with van der Waals surface area (Å²) in [5, 5.41) is 16.1. The lowest BCUT2D eigenvalue weighted by atomic mass is 9.92. The number of nitrogens with two attached hydrogens (primary N) is 1. The van der Waals surface area contributed by atoms with Gasteiger partial charge in [0, 0.05) is 5.56 Å². The third kappa shape index (κ3) is 3.08. The van der Waals surface area contributed by atoms with Crippen molar-refractivity contribution in [2.45, 2.75) is 25.7 Å². The standard InChI is InChI=1S/C12H16N2O2/c1-2-8(7-11(15)16)9-4-3-5-10(6-9)12(13)14/h3-6,8H,2,7H2,1H3,(H3,13,14)(H,15,16). The second-order valence-corrected chi connectivity index (χ2v) is 3.74. The molecule has 1 aromatic carbocycles. The average Bonchev–Trinajstić information content (AvgIpc) is 2.25. The van der Waals surface area contributed by atoms with Gasteiger partial charge in [-0.15, -0.1) is 0 Å². The van der Waals surface area contributed by atoms with Crippen LogP contribution in [0.2, 0.25) is 0 Å². The predicted molar refractivity (Wildman–Crippen MR) is 62.7 cm³/mol. The van der Waals surface area contributed by atoms with Crippen LogP contribution in [0.15, 0.2) is 24.3 Å². The lowest BCUT2D eigenvalue weighted by Gasteiger charge is -2.13. The first-order valence-corrected chi connectivity index (χ1v) is 5.20. The van der Waals surface area contributed by atoms with Crippen LogP contribution in [0.1, 0.15) is 36.8 Å². The van der Waals surface area contributed by atoms with Gasteiger partial charge < -0.3 is 10.8 Å². The molecule has 0 spiro atoms. The molecule has 0 fully saturated rings. The van der Waals surface area contributed by atoms with Crippen molar-refractivity contribution >= 4 is 11.8 Å². The minimum absolute atomic E-state index is 0.00651. The van der Waals surface area contributed by atoms with Crippen molar-refractivity contribution in [1.29, 1.82) is 5.41 Å². The molecule has 0 bridgehead atoms. The molecule has 0 saturated heterocycles. The molecule has 0 saturated carbocycles. The number of hydrogen-bond donors (Lipinski definition) is 3. The van der Waals surface area contributed by atoms with Crippen molar-refractivity contribution < 1.29 is 9.90 Å². The quantitative estimate of drug-likeness (QED) is 0.523. The van der Waals surface area contributed by atoms with E-state index in [1.165, 1.54) is 0 Å². The number of hydrogen-bond acceptors (Lipinski definition) is 2. The van der Waals surface area contributed by atoms with E-state index in [2.05, 4.69) is 0 Å². The van der Waals surface area contributed by atoms with E-state index in [1.54, 1.807) is 18.2 Å². The van der Waals surface area contributed by atoms with E-state index in [0.717, 1.165) is 12.0 Å². The van der Waals surface area contributed by atoms with Crippen molar-refractivity contribution in [3.05, 3.63) is 35.4 Å². The first-order chi connectivity index (χ1) is 7.54. The maximum atomic E-state index is 10.7. The fourth-order valence-corrected chi connectivity index (χ4v) is 1.67. The molecular formula is C12H16N2O2. The highest BCUT2D eigenvalue weighted by Crippen LogP contribution is 2.23. The van der Waals surface area contributed by atoms with Crippen molar-refractivity contribution in [3.63, 3.8) is 0 Å². The zero-order valence-corrected chi connectivity index (χ0v) is 9.23. The Kier molecular flexibility index (Phi) is 4.05. The molecule has 16 heavy (non-hydrogen) atoms. The summed E-state index contributed by atoms with van der Waals surface area (Å²) < 4.78 is 0. The van der Waals surface area contributed by atoms with Crippen molar-refractivity contribution in [2.75, 3.05) is 0 Å². The summed E-state index contributed by atoms with van der Waals surface area (Å²) >= 11 is 0. The molecule has 0 aromatic heterocycles. The summed E-state index contributed by atoms with van der Waals surface area (Å²) in [4.78, 5) is 10.7. The number of amidine groups is 1. The van der Waals surface area contributed by atoms with E-state index in [9.17, 15) is 4.79 Å². The number of aliphatic carboxylic acids is 1. The fourth-order valence-electron chi connectivity index (χ4n) is 1.67. The third-order valence-electron chi connectivity index (χ3n) is 2.58. The van der Waals surface area contributed by atoms with E-state index in [-0.39, 0.29) is 18.2 Å². The summed E-state index contributed by atoms with van der Waals surface area (Å²) in [5.41, 5.74) is 6.96. The summed E-state index contributed by atoms with van der Waals surface area (Å²) in [6, 6.07) is 7.22. The molecule has 0 radical (unpaired) electrons. The largest absolute Gasteiger partial charge is 0.481 e. The summed E-state index contributed by atoms with van der Waals surface area (Å²) in [6.45, 7) is 1.95. The van der Waals surface area contributed by atoms with Crippen molar-refractivity contribution in [3.8, 4) is 0 Å². The number of nitrogen functional groups attached to an aromatic ring is 1. The number of carbonyl (C=O) groups is 1. The second-order valence-electron chi connectivity index (χ2n) is 3.74. The first kappa shape index (κ1) is 12.2. The van der Waals surface area contributed by atoms with Gasteiger partial charge in [0.1, 0.15) is 5.84 Å². The zero-order valence-electron chi connectivity index (χ0n) is 9.23. The van der Waals surface area contributed by atoms with Crippen LogP contribution in [-0.2, 0) is 4.79 Å². The highest BCUT2D eigenvalue weighted by Gasteiger charge is 2.14. The van der Waals surface area contributed by atoms with Gasteiger partial charge in [0.25, 0.3) is 0 Å². The maximum Gasteiger partial charge on any atom is 0.303 e. The minimum atomic E-state index is -0.805. The highest BCUT2D eigenvalue weighted by atomic mass is 16.4. The molecule has 1 unspecified atom stereocenters. The van der Waals surface area contributed by atoms with Crippen LogP contribution in [0.4, 0.5) is 0 Å². The second kappa shape index (κ2) is 5.30. The summed E-state index contributed by atoms with van der Waals surface area (Å²) in [6.07, 6.45) is 0.867. The van der Waals surface area contributed by atoms with E-state index in [0.29, 0.717) is 5.56 Å². The number of carboxylic acid groups (broad SMARTS) is 1. The smallest absolute Gasteiger partial charge is 0.303 e. The Morgan fingerprint density at radius 2 is 2.25 bits per heavy atom. The SMILES string of the molecule is CCC(CC(=O)O)c1cccc(C(=N)N)c1. The predicted octanol–water partition coefficient (Wildman–Crippen LogP) is 1.94. The summed E-state index contributed by atoms with van der Waals surface area (Å²) in [5.74, 6) is -0.816. The third-order valence-corrected chi connectivity index (χ3v) is 2.58. The van der Waals surface area contributed by atoms with E-state index in [4.69, 9.17) is 16.2 Å². The highest BCUT2D eigenvalue weighted by molar-refractivity contribution is 5.95. The molecule has 0 amide bonds. The molecule has 4 N–H and O–H groups in total. The molecule has 86 valence electrons. The lowest BCUT2D eigenvalue weighted by Crippen LogP contribution is -2.12. The Morgan fingerprint density at radius 3 is 2.75 bits per heavy atom. The van der Waals surface area contributed by atoms with Crippen molar-refractivity contribution in [1.82, 2.24) is 0 Å². The van der Waals surface area contributed by atoms with Crippen LogP contribution >= 0.6 is 0 Å². The summed E-state index contributed by atoms with van der Waals surface area (Å²) in [7, 11) is 0. The molecule has 0 aliphatic carbocycles. The monoisotopic (exact) mass is 220 g/mol. The van der Waals surface area contributed by atoms with Crippen LogP contribution in [-0.4, -0.2) is 16.9 Å². The molecule has 4 heteroatoms. The molecular weight excluding hydrogens is 204 g/mol. The number of nitrogens with one attached hydrogen (secondary N) is 1. The van der Waals surface area contributed by atoms with Crippen molar-refractivity contribution in [2.24, 2.45) is 5.73 Å². The van der Waals surface area contributed by atoms with Gasteiger partial charge in [0.15, 0.2) is 0 Å². The minimum Gasteiger partial charge on any atom is -0.481 e. The van der Waals surface area contributed by atoms with Gasteiger partial charge in [-0.05, 0) is 24.0 Å². The Balaban J connectivity index is 2.96.